The lowest BCUT2D eigenvalue weighted by Gasteiger charge is -2.14. The zero-order valence-corrected chi connectivity index (χ0v) is 15.9. The Labute approximate surface area is 158 Å². The molecule has 0 unspecified atom stereocenters. The number of aryl methyl sites for hydroxylation is 1. The van der Waals surface area contributed by atoms with Gasteiger partial charge in [0, 0.05) is 6.04 Å². The average molecular weight is 399 g/mol. The van der Waals surface area contributed by atoms with Gasteiger partial charge in [-0.1, -0.05) is 18.2 Å². The molecule has 2 aromatic rings. The van der Waals surface area contributed by atoms with Crippen LogP contribution in [0.4, 0.5) is 0 Å². The van der Waals surface area contributed by atoms with Crippen LogP contribution in [0.3, 0.4) is 0 Å². The maximum absolute atomic E-state index is 9.45. The molecule has 0 spiro atoms. The summed E-state index contributed by atoms with van der Waals surface area (Å²) in [6, 6.07) is 12.6. The van der Waals surface area contributed by atoms with Gasteiger partial charge < -0.3 is 35.3 Å². The minimum atomic E-state index is -4.64. The van der Waals surface area contributed by atoms with Crippen molar-refractivity contribution in [2.75, 3.05) is 6.54 Å². The van der Waals surface area contributed by atoms with E-state index in [1.54, 1.807) is 18.2 Å². The van der Waals surface area contributed by atoms with Gasteiger partial charge in [-0.15, -0.1) is 0 Å². The second kappa shape index (κ2) is 10.9. The topological polar surface area (TPSA) is 150 Å². The number of aromatic hydroxyl groups is 3. The Balaban J connectivity index is 0.000000646. The van der Waals surface area contributed by atoms with Crippen LogP contribution in [0.15, 0.2) is 42.5 Å². The highest BCUT2D eigenvalue weighted by Gasteiger charge is 2.04. The Hall–Kier alpha value is -2.09. The van der Waals surface area contributed by atoms with Gasteiger partial charge in [-0.2, -0.15) is 0 Å². The van der Waals surface area contributed by atoms with Crippen LogP contribution < -0.4 is 5.32 Å². The van der Waals surface area contributed by atoms with Gasteiger partial charge in [-0.05, 0) is 68.1 Å². The molecule has 0 aliphatic carbocycles. The summed E-state index contributed by atoms with van der Waals surface area (Å²) in [5, 5.41) is 31.4. The molecule has 27 heavy (non-hydrogen) atoms. The second-order valence-corrected chi connectivity index (χ2v) is 7.17. The van der Waals surface area contributed by atoms with Crippen molar-refractivity contribution in [3.8, 4) is 17.2 Å². The fourth-order valence-electron chi connectivity index (χ4n) is 2.34. The lowest BCUT2D eigenvalue weighted by Crippen LogP contribution is -2.28. The molecule has 0 fully saturated rings. The van der Waals surface area contributed by atoms with E-state index in [4.69, 9.17) is 19.2 Å². The molecule has 0 saturated heterocycles. The Morgan fingerprint density at radius 1 is 0.889 bits per heavy atom. The number of benzene rings is 2. The number of phenols is 3. The molecule has 1 atom stereocenters. The average Bonchev–Trinajstić information content (AvgIpc) is 2.56. The van der Waals surface area contributed by atoms with E-state index in [-0.39, 0.29) is 11.5 Å². The first-order valence-electron chi connectivity index (χ1n) is 8.35. The zero-order valence-electron chi connectivity index (χ0n) is 15.0. The maximum Gasteiger partial charge on any atom is 0.466 e. The van der Waals surface area contributed by atoms with Gasteiger partial charge in [0.2, 0.25) is 0 Å². The fourth-order valence-corrected chi connectivity index (χ4v) is 2.34. The Bertz CT molecular complexity index is 738. The van der Waals surface area contributed by atoms with E-state index in [0.29, 0.717) is 11.8 Å². The predicted molar refractivity (Wildman–Crippen MR) is 102 cm³/mol. The summed E-state index contributed by atoms with van der Waals surface area (Å²) in [4.78, 5) is 21.6. The zero-order chi connectivity index (χ0) is 20.4. The smallest absolute Gasteiger partial charge is 0.466 e. The van der Waals surface area contributed by atoms with E-state index < -0.39 is 7.82 Å². The van der Waals surface area contributed by atoms with Crippen LogP contribution in [0, 0.1) is 0 Å². The van der Waals surface area contributed by atoms with Crippen molar-refractivity contribution in [3.63, 3.8) is 0 Å². The Morgan fingerprint density at radius 2 is 1.44 bits per heavy atom. The SMILES string of the molecule is C[C@H](CCc1ccc(O)cc1)NCCc1ccc(O)c(O)c1.O=P(O)(O)O. The summed E-state index contributed by atoms with van der Waals surface area (Å²) in [5.74, 6) is 0.143. The summed E-state index contributed by atoms with van der Waals surface area (Å²) in [6.45, 7) is 2.97. The van der Waals surface area contributed by atoms with Gasteiger partial charge in [-0.25, -0.2) is 4.57 Å². The first-order chi connectivity index (χ1) is 12.5. The van der Waals surface area contributed by atoms with Crippen LogP contribution in [0.2, 0.25) is 0 Å². The second-order valence-electron chi connectivity index (χ2n) is 6.15. The molecule has 2 aromatic carbocycles. The van der Waals surface area contributed by atoms with E-state index in [1.807, 2.05) is 18.2 Å². The largest absolute Gasteiger partial charge is 0.508 e. The molecule has 0 aromatic heterocycles. The molecular formula is C18H26NO7P. The summed E-state index contributed by atoms with van der Waals surface area (Å²) < 4.78 is 8.88. The Kier molecular flexibility index (Phi) is 9.28. The molecule has 0 aliphatic rings. The van der Waals surface area contributed by atoms with Gasteiger partial charge in [0.1, 0.15) is 5.75 Å². The van der Waals surface area contributed by atoms with Crippen molar-refractivity contribution in [1.82, 2.24) is 5.32 Å². The quantitative estimate of drug-likeness (QED) is 0.276. The van der Waals surface area contributed by atoms with Gasteiger partial charge >= 0.3 is 7.82 Å². The minimum Gasteiger partial charge on any atom is -0.508 e. The summed E-state index contributed by atoms with van der Waals surface area (Å²) in [7, 11) is -4.64. The number of rotatable bonds is 7. The van der Waals surface area contributed by atoms with E-state index in [2.05, 4.69) is 12.2 Å². The van der Waals surface area contributed by atoms with Crippen LogP contribution in [0.5, 0.6) is 17.2 Å². The monoisotopic (exact) mass is 399 g/mol. The fraction of sp³-hybridized carbons (Fsp3) is 0.333. The molecule has 0 bridgehead atoms. The normalized spacial score (nSPS) is 12.1. The lowest BCUT2D eigenvalue weighted by molar-refractivity contribution is 0.275. The van der Waals surface area contributed by atoms with Crippen LogP contribution in [0.1, 0.15) is 24.5 Å². The molecule has 0 amide bonds. The summed E-state index contributed by atoms with van der Waals surface area (Å²) in [5.41, 5.74) is 2.21. The predicted octanol–water partition coefficient (Wildman–Crippen LogP) is 2.03. The van der Waals surface area contributed by atoms with Crippen molar-refractivity contribution >= 4 is 7.82 Å². The minimum absolute atomic E-state index is 0.0714. The number of nitrogens with one attached hydrogen (secondary N) is 1. The molecule has 8 nitrogen and oxygen atoms in total. The standard InChI is InChI=1S/C18H23NO3.H3O4P/c1-13(2-3-14-4-7-16(20)8-5-14)19-11-10-15-6-9-17(21)18(22)12-15;1-5(2,3)4/h4-9,12-13,19-22H,2-3,10-11H2,1H3;(H3,1,2,3,4)/t13-;/m1./s1. The van der Waals surface area contributed by atoms with Crippen LogP contribution in [-0.2, 0) is 17.4 Å². The highest BCUT2D eigenvalue weighted by atomic mass is 31.2. The molecule has 0 radical (unpaired) electrons. The molecule has 0 heterocycles. The van der Waals surface area contributed by atoms with Crippen LogP contribution in [0.25, 0.3) is 0 Å². The number of phosphoric acid groups is 1. The Morgan fingerprint density at radius 3 is 2.00 bits per heavy atom. The molecule has 0 saturated carbocycles. The molecular weight excluding hydrogens is 373 g/mol. The highest BCUT2D eigenvalue weighted by Crippen LogP contribution is 2.26. The lowest BCUT2D eigenvalue weighted by atomic mass is 10.1. The number of phenolic OH excluding ortho intramolecular Hbond substituents is 3. The van der Waals surface area contributed by atoms with E-state index in [9.17, 15) is 15.3 Å². The van der Waals surface area contributed by atoms with Crippen LogP contribution in [-0.4, -0.2) is 42.6 Å². The van der Waals surface area contributed by atoms with Crippen LogP contribution >= 0.6 is 7.82 Å². The third-order valence-electron chi connectivity index (χ3n) is 3.75. The number of hydrogen-bond acceptors (Lipinski definition) is 5. The van der Waals surface area contributed by atoms with Gasteiger partial charge in [0.05, 0.1) is 0 Å². The highest BCUT2D eigenvalue weighted by molar-refractivity contribution is 7.45. The number of hydrogen-bond donors (Lipinski definition) is 7. The van der Waals surface area contributed by atoms with Crippen molar-refractivity contribution in [2.45, 2.75) is 32.2 Å². The van der Waals surface area contributed by atoms with E-state index in [0.717, 1.165) is 31.4 Å². The third kappa shape index (κ3) is 11.3. The molecule has 150 valence electrons. The summed E-state index contributed by atoms with van der Waals surface area (Å²) >= 11 is 0. The molecule has 7 N–H and O–H groups in total. The van der Waals surface area contributed by atoms with Crippen molar-refractivity contribution in [1.29, 1.82) is 0 Å². The molecule has 2 rings (SSSR count). The first kappa shape index (κ1) is 23.0. The van der Waals surface area contributed by atoms with Gasteiger partial charge in [0.25, 0.3) is 0 Å². The van der Waals surface area contributed by atoms with Gasteiger partial charge in [0.15, 0.2) is 11.5 Å². The van der Waals surface area contributed by atoms with Crippen molar-refractivity contribution < 1.29 is 34.6 Å². The van der Waals surface area contributed by atoms with Crippen molar-refractivity contribution in [3.05, 3.63) is 53.6 Å². The molecule has 9 heteroatoms. The summed E-state index contributed by atoms with van der Waals surface area (Å²) in [6.07, 6.45) is 2.79. The first-order valence-corrected chi connectivity index (χ1v) is 9.91. The van der Waals surface area contributed by atoms with Crippen molar-refractivity contribution in [2.24, 2.45) is 0 Å². The maximum atomic E-state index is 9.45. The molecule has 0 aliphatic heterocycles. The van der Waals surface area contributed by atoms with E-state index >= 15 is 0 Å². The third-order valence-corrected chi connectivity index (χ3v) is 3.75. The van der Waals surface area contributed by atoms with E-state index in [1.165, 1.54) is 11.6 Å². The van der Waals surface area contributed by atoms with Gasteiger partial charge in [-0.3, -0.25) is 0 Å².